The maximum atomic E-state index is 14.5. The zero-order chi connectivity index (χ0) is 36.1. The summed E-state index contributed by atoms with van der Waals surface area (Å²) >= 11 is 0. The number of allylic oxidation sites excluding steroid dienone is 1. The van der Waals surface area contributed by atoms with Crippen molar-refractivity contribution in [3.63, 3.8) is 0 Å². The van der Waals surface area contributed by atoms with Gasteiger partial charge in [0, 0.05) is 17.7 Å². The molecule has 3 N–H and O–H groups in total. The van der Waals surface area contributed by atoms with Gasteiger partial charge >= 0.3 is 6.03 Å². The molecule has 0 atom stereocenters. The van der Waals surface area contributed by atoms with E-state index in [9.17, 15) is 9.59 Å². The number of urea groups is 1. The Bertz CT molecular complexity index is 2000. The third kappa shape index (κ3) is 9.12. The molecule has 0 aliphatic carbocycles. The van der Waals surface area contributed by atoms with Gasteiger partial charge in [-0.05, 0) is 90.2 Å². The molecular weight excluding hydrogens is 651 g/mol. The van der Waals surface area contributed by atoms with Gasteiger partial charge in [-0.2, -0.15) is 5.10 Å². The molecule has 5 aromatic rings. The zero-order valence-corrected chi connectivity index (χ0v) is 29.3. The van der Waals surface area contributed by atoms with Crippen molar-refractivity contribution in [2.75, 3.05) is 38.3 Å². The number of para-hydroxylation sites is 1. The second-order valence-corrected chi connectivity index (χ2v) is 12.3. The molecule has 0 bridgehead atoms. The Hall–Kier alpha value is -6.19. The number of methoxy groups -OCH3 is 1. The fourth-order valence-corrected chi connectivity index (χ4v) is 5.87. The molecule has 1 aliphatic rings. The van der Waals surface area contributed by atoms with Gasteiger partial charge in [0.05, 0.1) is 31.6 Å². The number of nitrogens with one attached hydrogen (secondary N) is 1. The number of hydrogen-bond acceptors (Lipinski definition) is 6. The van der Waals surface area contributed by atoms with Gasteiger partial charge < -0.3 is 20.5 Å². The maximum Gasteiger partial charge on any atom is 0.345 e. The first kappa shape index (κ1) is 35.6. The predicted octanol–water partition coefficient (Wildman–Crippen LogP) is 7.77. The van der Waals surface area contributed by atoms with Crippen LogP contribution in [-0.2, 0) is 6.54 Å². The van der Waals surface area contributed by atoms with Crippen LogP contribution in [0.5, 0.6) is 11.5 Å². The van der Waals surface area contributed by atoms with Crippen molar-refractivity contribution in [1.82, 2.24) is 10.3 Å². The monoisotopic (exact) mass is 693 g/mol. The lowest BCUT2D eigenvalue weighted by molar-refractivity contribution is 0.0947. The van der Waals surface area contributed by atoms with Crippen molar-refractivity contribution in [3.8, 4) is 22.6 Å². The molecule has 264 valence electrons. The molecule has 0 unspecified atom stereocenters. The van der Waals surface area contributed by atoms with Crippen LogP contribution in [0.3, 0.4) is 0 Å². The molecule has 3 amide bonds. The molecule has 0 radical (unpaired) electrons. The first-order chi connectivity index (χ1) is 25.5. The Morgan fingerprint density at radius 1 is 0.808 bits per heavy atom. The third-order valence-electron chi connectivity index (χ3n) is 8.68. The van der Waals surface area contributed by atoms with Gasteiger partial charge in [0.2, 0.25) is 0 Å². The van der Waals surface area contributed by atoms with E-state index >= 15 is 0 Å². The Morgan fingerprint density at radius 2 is 1.52 bits per heavy atom. The summed E-state index contributed by atoms with van der Waals surface area (Å²) in [6.07, 6.45) is 5.30. The standard InChI is InChI=1S/C43H43N5O4/c1-51-37-22-16-32(17-23-37)18-25-40-39-24-21-36(42(49)45-27-29-52-38-12-6-3-7-13-38)30-41(39)47(43(50)48(46-40)28-9-8-26-44)31-33-14-19-35(20-15-33)34-10-4-2-5-11-34/h2-7,10-25,30H,8-9,26-29,31,44H2,1H3,(H,45,49)/b25-18+. The highest BCUT2D eigenvalue weighted by Gasteiger charge is 2.30. The Labute approximate surface area is 305 Å². The van der Waals surface area contributed by atoms with Crippen LogP contribution in [0.15, 0.2) is 139 Å². The fourth-order valence-electron chi connectivity index (χ4n) is 5.87. The number of hydrazone groups is 1. The van der Waals surface area contributed by atoms with Crippen LogP contribution in [0.1, 0.15) is 39.9 Å². The molecule has 0 fully saturated rings. The molecular formula is C43H43N5O4. The van der Waals surface area contributed by atoms with E-state index in [4.69, 9.17) is 20.3 Å². The van der Waals surface area contributed by atoms with Crippen molar-refractivity contribution in [3.05, 3.63) is 156 Å². The SMILES string of the molecule is COc1ccc(/C=C/C2=NN(CCCCN)C(=O)N(Cc3ccc(-c4ccccc4)cc3)c3cc(C(=O)NCCOc4ccccc4)ccc32)cc1. The quantitative estimate of drug-likeness (QED) is 0.109. The smallest absolute Gasteiger partial charge is 0.345 e. The largest absolute Gasteiger partial charge is 0.497 e. The van der Waals surface area contributed by atoms with E-state index in [-0.39, 0.29) is 18.5 Å². The number of nitrogens with zero attached hydrogens (tertiary/aromatic N) is 3. The van der Waals surface area contributed by atoms with Crippen LogP contribution in [0.25, 0.3) is 17.2 Å². The molecule has 0 saturated carbocycles. The minimum absolute atomic E-state index is 0.268. The lowest BCUT2D eigenvalue weighted by Crippen LogP contribution is -2.40. The predicted molar refractivity (Wildman–Crippen MR) is 208 cm³/mol. The van der Waals surface area contributed by atoms with Crippen molar-refractivity contribution in [1.29, 1.82) is 0 Å². The van der Waals surface area contributed by atoms with Crippen LogP contribution in [0.2, 0.25) is 0 Å². The number of nitrogens with two attached hydrogens (primary N) is 1. The lowest BCUT2D eigenvalue weighted by atomic mass is 10.0. The molecule has 9 heteroatoms. The molecule has 9 nitrogen and oxygen atoms in total. The van der Waals surface area contributed by atoms with Crippen molar-refractivity contribution in [2.45, 2.75) is 19.4 Å². The van der Waals surface area contributed by atoms with E-state index in [1.54, 1.807) is 24.1 Å². The summed E-state index contributed by atoms with van der Waals surface area (Å²) in [4.78, 5) is 29.7. The number of hydrogen-bond donors (Lipinski definition) is 2. The van der Waals surface area contributed by atoms with Gasteiger partial charge in [-0.15, -0.1) is 0 Å². The molecule has 0 spiro atoms. The van der Waals surface area contributed by atoms with Crippen LogP contribution in [0, 0.1) is 0 Å². The number of anilines is 1. The Balaban J connectivity index is 1.33. The summed E-state index contributed by atoms with van der Waals surface area (Å²) < 4.78 is 11.1. The first-order valence-electron chi connectivity index (χ1n) is 17.5. The highest BCUT2D eigenvalue weighted by Crippen LogP contribution is 2.31. The summed E-state index contributed by atoms with van der Waals surface area (Å²) in [5, 5.41) is 9.39. The number of rotatable bonds is 15. The zero-order valence-electron chi connectivity index (χ0n) is 29.3. The number of ether oxygens (including phenoxy) is 2. The second-order valence-electron chi connectivity index (χ2n) is 12.3. The molecule has 1 aliphatic heterocycles. The molecule has 1 heterocycles. The number of carbonyl (C=O) groups excluding carboxylic acids is 2. The second kappa shape index (κ2) is 17.6. The first-order valence-corrected chi connectivity index (χ1v) is 17.5. The number of unbranched alkanes of at least 4 members (excludes halogenated alkanes) is 1. The minimum atomic E-state index is -0.285. The van der Waals surface area contributed by atoms with E-state index in [0.717, 1.165) is 45.7 Å². The van der Waals surface area contributed by atoms with Gasteiger partial charge in [0.25, 0.3) is 5.91 Å². The highest BCUT2D eigenvalue weighted by atomic mass is 16.5. The molecule has 6 rings (SSSR count). The van der Waals surface area contributed by atoms with E-state index in [1.807, 2.05) is 103 Å². The number of amides is 3. The Kier molecular flexibility index (Phi) is 12.1. The van der Waals surface area contributed by atoms with E-state index in [2.05, 4.69) is 29.6 Å². The average Bonchev–Trinajstić information content (AvgIpc) is 3.30. The molecule has 5 aromatic carbocycles. The van der Waals surface area contributed by atoms with Crippen LogP contribution < -0.4 is 25.4 Å². The van der Waals surface area contributed by atoms with Gasteiger partial charge in [0.1, 0.15) is 18.1 Å². The van der Waals surface area contributed by atoms with Gasteiger partial charge in [0.15, 0.2) is 0 Å². The van der Waals surface area contributed by atoms with E-state index < -0.39 is 0 Å². The average molecular weight is 694 g/mol. The van der Waals surface area contributed by atoms with E-state index in [1.165, 1.54) is 5.01 Å². The number of fused-ring (bicyclic) bond motifs is 1. The maximum absolute atomic E-state index is 14.5. The highest BCUT2D eigenvalue weighted by molar-refractivity contribution is 6.17. The van der Waals surface area contributed by atoms with Crippen molar-refractivity contribution < 1.29 is 19.1 Å². The Morgan fingerprint density at radius 3 is 2.23 bits per heavy atom. The summed E-state index contributed by atoms with van der Waals surface area (Å²) in [5.41, 5.74) is 12.2. The number of carbonyl (C=O) groups is 2. The summed E-state index contributed by atoms with van der Waals surface area (Å²) in [7, 11) is 1.63. The van der Waals surface area contributed by atoms with Crippen molar-refractivity contribution >= 4 is 29.4 Å². The van der Waals surface area contributed by atoms with Gasteiger partial charge in [-0.1, -0.05) is 91.0 Å². The summed E-state index contributed by atoms with van der Waals surface area (Å²) in [5.74, 6) is 1.23. The van der Waals surface area contributed by atoms with E-state index in [0.29, 0.717) is 49.6 Å². The molecule has 52 heavy (non-hydrogen) atoms. The molecule has 0 saturated heterocycles. The summed E-state index contributed by atoms with van der Waals surface area (Å²) in [6, 6.07) is 40.7. The lowest BCUT2D eigenvalue weighted by Gasteiger charge is -2.27. The van der Waals surface area contributed by atoms with Gasteiger partial charge in [-0.25, -0.2) is 9.80 Å². The van der Waals surface area contributed by atoms with Crippen LogP contribution in [-0.4, -0.2) is 56.0 Å². The van der Waals surface area contributed by atoms with Crippen molar-refractivity contribution in [2.24, 2.45) is 10.8 Å². The van der Waals surface area contributed by atoms with Crippen LogP contribution >= 0.6 is 0 Å². The number of benzene rings is 5. The minimum Gasteiger partial charge on any atom is -0.497 e. The third-order valence-corrected chi connectivity index (χ3v) is 8.68. The molecule has 0 aromatic heterocycles. The summed E-state index contributed by atoms with van der Waals surface area (Å²) in [6.45, 7) is 1.81. The van der Waals surface area contributed by atoms with Gasteiger partial charge in [-0.3, -0.25) is 9.69 Å². The normalized spacial score (nSPS) is 12.7. The topological polar surface area (TPSA) is 109 Å². The fraction of sp³-hybridized carbons (Fsp3) is 0.186. The van der Waals surface area contributed by atoms with Crippen LogP contribution in [0.4, 0.5) is 10.5 Å².